The fourth-order valence-corrected chi connectivity index (χ4v) is 3.65. The summed E-state index contributed by atoms with van der Waals surface area (Å²) in [5.41, 5.74) is 2.78. The Morgan fingerprint density at radius 1 is 0.935 bits per heavy atom. The maximum Gasteiger partial charge on any atom is 0.251 e. The van der Waals surface area contributed by atoms with Gasteiger partial charge >= 0.3 is 0 Å². The van der Waals surface area contributed by atoms with Crippen LogP contribution in [0.15, 0.2) is 60.0 Å². The van der Waals surface area contributed by atoms with Crippen LogP contribution in [0.25, 0.3) is 11.3 Å². The minimum Gasteiger partial charge on any atom is -0.340 e. The van der Waals surface area contributed by atoms with E-state index in [4.69, 9.17) is 0 Å². The Balaban J connectivity index is 1.67. The van der Waals surface area contributed by atoms with Crippen molar-refractivity contribution >= 4 is 39.9 Å². The lowest BCUT2D eigenvalue weighted by Gasteiger charge is -2.21. The van der Waals surface area contributed by atoms with Crippen LogP contribution in [0.2, 0.25) is 0 Å². The molecule has 3 N–H and O–H groups in total. The normalized spacial score (nSPS) is 11.6. The van der Waals surface area contributed by atoms with Crippen molar-refractivity contribution < 1.29 is 14.4 Å². The van der Waals surface area contributed by atoms with Crippen LogP contribution in [0.1, 0.15) is 31.1 Å². The smallest absolute Gasteiger partial charge is 0.251 e. The van der Waals surface area contributed by atoms with Gasteiger partial charge in [-0.25, -0.2) is 4.98 Å². The van der Waals surface area contributed by atoms with E-state index in [-0.39, 0.29) is 23.6 Å². The molecule has 1 aromatic heterocycles. The van der Waals surface area contributed by atoms with Crippen LogP contribution in [0, 0.1) is 5.92 Å². The van der Waals surface area contributed by atoms with Gasteiger partial charge < -0.3 is 16.0 Å². The molecule has 0 spiro atoms. The van der Waals surface area contributed by atoms with Gasteiger partial charge in [0.2, 0.25) is 11.8 Å². The second kappa shape index (κ2) is 9.99. The number of thiazole rings is 1. The number of hydrogen-bond acceptors (Lipinski definition) is 5. The highest BCUT2D eigenvalue weighted by atomic mass is 32.1. The monoisotopic (exact) mass is 436 g/mol. The molecule has 3 rings (SSSR count). The molecule has 160 valence electrons. The van der Waals surface area contributed by atoms with Crippen molar-refractivity contribution in [2.24, 2.45) is 5.92 Å². The van der Waals surface area contributed by atoms with E-state index in [1.54, 1.807) is 36.4 Å². The Hall–Kier alpha value is -3.52. The minimum atomic E-state index is -0.697. The summed E-state index contributed by atoms with van der Waals surface area (Å²) in [5, 5.41) is 10.6. The molecule has 7 nitrogen and oxygen atoms in total. The van der Waals surface area contributed by atoms with Gasteiger partial charge in [0.05, 0.1) is 5.69 Å². The highest BCUT2D eigenvalue weighted by Gasteiger charge is 2.25. The number of nitrogens with one attached hydrogen (secondary N) is 3. The fourth-order valence-electron chi connectivity index (χ4n) is 2.92. The van der Waals surface area contributed by atoms with Gasteiger partial charge in [-0.15, -0.1) is 11.3 Å². The second-order valence-electron chi connectivity index (χ2n) is 7.35. The summed E-state index contributed by atoms with van der Waals surface area (Å²) in [6.07, 6.45) is 0. The predicted molar refractivity (Wildman–Crippen MR) is 123 cm³/mol. The zero-order chi connectivity index (χ0) is 22.4. The number of nitrogens with zero attached hydrogens (tertiary/aromatic N) is 1. The van der Waals surface area contributed by atoms with Crippen molar-refractivity contribution in [2.75, 3.05) is 10.6 Å². The molecule has 31 heavy (non-hydrogen) atoms. The summed E-state index contributed by atoms with van der Waals surface area (Å²) in [6, 6.07) is 15.4. The lowest BCUT2D eigenvalue weighted by molar-refractivity contribution is -0.119. The van der Waals surface area contributed by atoms with E-state index in [1.165, 1.54) is 18.3 Å². The van der Waals surface area contributed by atoms with Gasteiger partial charge in [0, 0.05) is 29.1 Å². The van der Waals surface area contributed by atoms with E-state index in [1.807, 2.05) is 37.4 Å². The van der Waals surface area contributed by atoms with Crippen molar-refractivity contribution in [1.82, 2.24) is 10.3 Å². The van der Waals surface area contributed by atoms with Gasteiger partial charge in [-0.2, -0.15) is 0 Å². The SMILES string of the molecule is CC(=O)Nc1ccc(-c2csc(NC(=O)C(NC(=O)c3ccccc3)C(C)C)n2)cc1. The average Bonchev–Trinajstić information content (AvgIpc) is 3.20. The molecule has 3 aromatic rings. The third-order valence-corrected chi connectivity index (χ3v) is 5.26. The fraction of sp³-hybridized carbons (Fsp3) is 0.217. The standard InChI is InChI=1S/C23H24N4O3S/c1-14(2)20(26-21(29)17-7-5-4-6-8-17)22(30)27-23-25-19(13-31-23)16-9-11-18(12-10-16)24-15(3)28/h4-14,20H,1-3H3,(H,24,28)(H,26,29)(H,25,27,30). The number of amides is 3. The van der Waals surface area contributed by atoms with E-state index in [0.29, 0.717) is 22.1 Å². The zero-order valence-corrected chi connectivity index (χ0v) is 18.3. The first-order valence-corrected chi connectivity index (χ1v) is 10.7. The first-order valence-electron chi connectivity index (χ1n) is 9.84. The quantitative estimate of drug-likeness (QED) is 0.518. The Morgan fingerprint density at radius 3 is 2.23 bits per heavy atom. The third-order valence-electron chi connectivity index (χ3n) is 4.51. The zero-order valence-electron chi connectivity index (χ0n) is 17.5. The molecule has 1 unspecified atom stereocenters. The van der Waals surface area contributed by atoms with Crippen LogP contribution < -0.4 is 16.0 Å². The van der Waals surface area contributed by atoms with Gasteiger partial charge in [0.1, 0.15) is 6.04 Å². The van der Waals surface area contributed by atoms with Crippen LogP contribution in [-0.4, -0.2) is 28.7 Å². The highest BCUT2D eigenvalue weighted by molar-refractivity contribution is 7.14. The van der Waals surface area contributed by atoms with Gasteiger partial charge in [-0.1, -0.05) is 44.2 Å². The van der Waals surface area contributed by atoms with Crippen LogP contribution in [-0.2, 0) is 9.59 Å². The van der Waals surface area contributed by atoms with Gasteiger partial charge in [0.15, 0.2) is 5.13 Å². The molecule has 2 aromatic carbocycles. The molecule has 0 saturated carbocycles. The largest absolute Gasteiger partial charge is 0.340 e. The molecule has 0 aliphatic carbocycles. The number of hydrogen-bond donors (Lipinski definition) is 3. The van der Waals surface area contributed by atoms with E-state index in [0.717, 1.165) is 5.56 Å². The Kier molecular flexibility index (Phi) is 7.15. The topological polar surface area (TPSA) is 100 Å². The summed E-state index contributed by atoms with van der Waals surface area (Å²) < 4.78 is 0. The van der Waals surface area contributed by atoms with Crippen LogP contribution in [0.4, 0.5) is 10.8 Å². The van der Waals surface area contributed by atoms with Gasteiger partial charge in [-0.05, 0) is 30.2 Å². The van der Waals surface area contributed by atoms with Crippen molar-refractivity contribution in [2.45, 2.75) is 26.8 Å². The van der Waals surface area contributed by atoms with Crippen LogP contribution in [0.3, 0.4) is 0 Å². The Bertz CT molecular complexity index is 1060. The van der Waals surface area contributed by atoms with Gasteiger partial charge in [-0.3, -0.25) is 14.4 Å². The summed E-state index contributed by atoms with van der Waals surface area (Å²) in [7, 11) is 0. The van der Waals surface area contributed by atoms with E-state index in [9.17, 15) is 14.4 Å². The van der Waals surface area contributed by atoms with E-state index < -0.39 is 6.04 Å². The molecule has 8 heteroatoms. The van der Waals surface area contributed by atoms with Crippen molar-refractivity contribution in [3.63, 3.8) is 0 Å². The molecule has 0 fully saturated rings. The van der Waals surface area contributed by atoms with E-state index in [2.05, 4.69) is 20.9 Å². The van der Waals surface area contributed by atoms with Crippen molar-refractivity contribution in [3.05, 3.63) is 65.5 Å². The minimum absolute atomic E-state index is 0.103. The molecule has 0 aliphatic rings. The number of carbonyl (C=O) groups is 3. The third kappa shape index (κ3) is 5.99. The number of aromatic nitrogens is 1. The summed E-state index contributed by atoms with van der Waals surface area (Å²) in [6.45, 7) is 5.20. The Morgan fingerprint density at radius 2 is 1.61 bits per heavy atom. The summed E-state index contributed by atoms with van der Waals surface area (Å²) in [5.74, 6) is -0.853. The van der Waals surface area contributed by atoms with Crippen molar-refractivity contribution in [1.29, 1.82) is 0 Å². The maximum absolute atomic E-state index is 12.8. The summed E-state index contributed by atoms with van der Waals surface area (Å²) in [4.78, 5) is 40.9. The molecule has 3 amide bonds. The molecule has 0 radical (unpaired) electrons. The number of benzene rings is 2. The molecule has 0 bridgehead atoms. The first kappa shape index (κ1) is 22.2. The first-order chi connectivity index (χ1) is 14.8. The van der Waals surface area contributed by atoms with Gasteiger partial charge in [0.25, 0.3) is 5.91 Å². The number of rotatable bonds is 7. The van der Waals surface area contributed by atoms with E-state index >= 15 is 0 Å². The lowest BCUT2D eigenvalue weighted by atomic mass is 10.0. The lowest BCUT2D eigenvalue weighted by Crippen LogP contribution is -2.47. The molecule has 1 heterocycles. The summed E-state index contributed by atoms with van der Waals surface area (Å²) >= 11 is 1.31. The number of anilines is 2. The Labute approximate surface area is 184 Å². The molecular weight excluding hydrogens is 412 g/mol. The van der Waals surface area contributed by atoms with Crippen LogP contribution in [0.5, 0.6) is 0 Å². The molecule has 0 aliphatic heterocycles. The second-order valence-corrected chi connectivity index (χ2v) is 8.20. The highest BCUT2D eigenvalue weighted by Crippen LogP contribution is 2.26. The van der Waals surface area contributed by atoms with Crippen LogP contribution >= 0.6 is 11.3 Å². The molecular formula is C23H24N4O3S. The number of carbonyl (C=O) groups excluding carboxylic acids is 3. The predicted octanol–water partition coefficient (Wildman–Crippen LogP) is 4.16. The average molecular weight is 437 g/mol. The molecule has 0 saturated heterocycles. The van der Waals surface area contributed by atoms with Crippen molar-refractivity contribution in [3.8, 4) is 11.3 Å². The maximum atomic E-state index is 12.8. The molecule has 1 atom stereocenters.